The van der Waals surface area contributed by atoms with Gasteiger partial charge in [-0.2, -0.15) is 0 Å². The first kappa shape index (κ1) is 9.42. The van der Waals surface area contributed by atoms with Crippen LogP contribution in [0.5, 0.6) is 0 Å². The van der Waals surface area contributed by atoms with Gasteiger partial charge in [-0.3, -0.25) is 0 Å². The number of rotatable bonds is 1. The highest BCUT2D eigenvalue weighted by molar-refractivity contribution is 6.05. The molecule has 0 aliphatic heterocycles. The van der Waals surface area contributed by atoms with Gasteiger partial charge < -0.3 is 0 Å². The fourth-order valence-corrected chi connectivity index (χ4v) is 0. The Hall–Kier alpha value is 0.0649. The van der Waals surface area contributed by atoms with Crippen LogP contribution in [-0.4, -0.2) is 7.85 Å². The summed E-state index contributed by atoms with van der Waals surface area (Å²) in [6.07, 6.45) is 2.64. The zero-order valence-corrected chi connectivity index (χ0v) is 4.99. The van der Waals surface area contributed by atoms with Crippen molar-refractivity contribution in [1.82, 2.24) is 0 Å². The van der Waals surface area contributed by atoms with Crippen molar-refractivity contribution >= 4 is 7.85 Å². The Morgan fingerprint density at radius 1 is 1.00 bits per heavy atom. The minimum atomic E-state index is 1.32. The predicted molar refractivity (Wildman–Crippen MR) is 32.2 cm³/mol. The molecule has 0 heterocycles. The summed E-state index contributed by atoms with van der Waals surface area (Å²) in [6.45, 7) is 5.86. The molecule has 0 atom stereocenters. The van der Waals surface area contributed by atoms with Crippen molar-refractivity contribution in [2.75, 3.05) is 0 Å². The molecule has 0 aromatic carbocycles. The largest absolute Gasteiger partial charge is 0.0999 e. The van der Waals surface area contributed by atoms with Crippen molar-refractivity contribution in [3.05, 3.63) is 0 Å². The zero-order valence-electron chi connectivity index (χ0n) is 4.99. The molecule has 0 saturated carbocycles. The lowest BCUT2D eigenvalue weighted by molar-refractivity contribution is 0.886. The minimum absolute atomic E-state index is 1.32. The van der Waals surface area contributed by atoms with Crippen molar-refractivity contribution in [3.63, 3.8) is 0 Å². The Morgan fingerprint density at radius 2 is 1.17 bits per heavy atom. The number of hydrogen-bond donors (Lipinski definition) is 0. The molecule has 0 unspecified atom stereocenters. The van der Waals surface area contributed by atoms with Crippen LogP contribution < -0.4 is 0 Å². The molecule has 0 bridgehead atoms. The van der Waals surface area contributed by atoms with Crippen molar-refractivity contribution < 1.29 is 0 Å². The molecule has 0 N–H and O–H groups in total. The molecule has 2 radical (unpaired) electrons. The number of unbranched alkanes of at least 4 members (excludes halogenated alkanes) is 1. The van der Waals surface area contributed by atoms with Crippen LogP contribution in [0.4, 0.5) is 0 Å². The molecule has 1 heteroatoms. The Kier molecular flexibility index (Phi) is 30.8. The van der Waals surface area contributed by atoms with Gasteiger partial charge in [0.2, 0.25) is 0 Å². The van der Waals surface area contributed by atoms with E-state index in [2.05, 4.69) is 21.7 Å². The summed E-state index contributed by atoms with van der Waals surface area (Å²) in [7, 11) is 4.50. The minimum Gasteiger partial charge on any atom is -0.0999 e. The van der Waals surface area contributed by atoms with Gasteiger partial charge in [0.1, 0.15) is 0 Å². The summed E-state index contributed by atoms with van der Waals surface area (Å²) in [5.41, 5.74) is 0. The summed E-state index contributed by atoms with van der Waals surface area (Å²) in [4.78, 5) is 0. The molecule has 6 heavy (non-hydrogen) atoms. The third-order valence-corrected chi connectivity index (χ3v) is 0.500. The van der Waals surface area contributed by atoms with E-state index in [-0.39, 0.29) is 0 Å². The maximum atomic E-state index is 4.50. The first-order chi connectivity index (χ1) is 2.91. The standard InChI is InChI=1S/C4H10.CH3B/c1-3-4-2;1-2/h3-4H2,1-2H3;1H3. The number of hydrogen-bond acceptors (Lipinski definition) is 0. The van der Waals surface area contributed by atoms with E-state index in [1.165, 1.54) is 19.7 Å². The Balaban J connectivity index is 0. The fourth-order valence-electron chi connectivity index (χ4n) is 0. The second kappa shape index (κ2) is 19.6. The van der Waals surface area contributed by atoms with Gasteiger partial charge in [-0.1, -0.05) is 33.5 Å². The van der Waals surface area contributed by atoms with Crippen LogP contribution in [0.3, 0.4) is 0 Å². The van der Waals surface area contributed by atoms with E-state index in [9.17, 15) is 0 Å². The predicted octanol–water partition coefficient (Wildman–Crippen LogP) is 2.01. The maximum Gasteiger partial charge on any atom is 0.0606 e. The van der Waals surface area contributed by atoms with E-state index < -0.39 is 0 Å². The summed E-state index contributed by atoms with van der Waals surface area (Å²) in [5, 5.41) is 0. The monoisotopic (exact) mass is 84.1 g/mol. The van der Waals surface area contributed by atoms with E-state index in [0.717, 1.165) is 0 Å². The molecule has 0 aromatic rings. The molecule has 36 valence electrons. The van der Waals surface area contributed by atoms with Crippen LogP contribution in [0, 0.1) is 0 Å². The van der Waals surface area contributed by atoms with Crippen LogP contribution in [-0.2, 0) is 0 Å². The molecule has 0 aliphatic rings. The van der Waals surface area contributed by atoms with Crippen LogP contribution >= 0.6 is 0 Å². The third-order valence-electron chi connectivity index (χ3n) is 0.500. The van der Waals surface area contributed by atoms with Crippen molar-refractivity contribution in [1.29, 1.82) is 0 Å². The topological polar surface area (TPSA) is 0 Å². The Morgan fingerprint density at radius 3 is 1.17 bits per heavy atom. The lowest BCUT2D eigenvalue weighted by Gasteiger charge is -1.68. The van der Waals surface area contributed by atoms with Crippen LogP contribution in [0.2, 0.25) is 6.82 Å². The highest BCUT2D eigenvalue weighted by Crippen LogP contribution is 1.76. The van der Waals surface area contributed by atoms with Crippen LogP contribution in [0.15, 0.2) is 0 Å². The first-order valence-corrected chi connectivity index (χ1v) is 2.49. The Bertz CT molecular complexity index is 5.90. The molecule has 0 amide bonds. The second-order valence-corrected chi connectivity index (χ2v) is 1.000. The molecule has 0 aliphatic carbocycles. The zero-order chi connectivity index (χ0) is 5.41. The normalized spacial score (nSPS) is 5.83. The van der Waals surface area contributed by atoms with Gasteiger partial charge in [0.25, 0.3) is 0 Å². The van der Waals surface area contributed by atoms with Crippen LogP contribution in [0.1, 0.15) is 26.7 Å². The lowest BCUT2D eigenvalue weighted by atomic mass is 10.2. The molecule has 0 fully saturated rings. The van der Waals surface area contributed by atoms with E-state index in [1.54, 1.807) is 0 Å². The second-order valence-electron chi connectivity index (χ2n) is 1.000. The van der Waals surface area contributed by atoms with Gasteiger partial charge in [0.15, 0.2) is 0 Å². The average molecular weight is 84.0 g/mol. The quantitative estimate of drug-likeness (QED) is 0.426. The molecule has 0 nitrogen and oxygen atoms in total. The Labute approximate surface area is 42.4 Å². The molecular formula is C5H13B. The van der Waals surface area contributed by atoms with Gasteiger partial charge in [-0.15, -0.1) is 0 Å². The molecule has 0 aromatic heterocycles. The fraction of sp³-hybridized carbons (Fsp3) is 1.00. The molecular weight excluding hydrogens is 70.9 g/mol. The van der Waals surface area contributed by atoms with E-state index in [1.807, 2.05) is 0 Å². The van der Waals surface area contributed by atoms with Crippen molar-refractivity contribution in [2.24, 2.45) is 0 Å². The molecule has 0 saturated heterocycles. The van der Waals surface area contributed by atoms with Gasteiger partial charge in [-0.05, 0) is 0 Å². The highest BCUT2D eigenvalue weighted by atomic mass is 13.6. The average Bonchev–Trinajstić information content (AvgIpc) is 1.72. The SMILES string of the molecule is CCCC.[B]C. The smallest absolute Gasteiger partial charge is 0.0606 e. The summed E-state index contributed by atoms with van der Waals surface area (Å²) in [6, 6.07) is 0. The van der Waals surface area contributed by atoms with Crippen molar-refractivity contribution in [2.45, 2.75) is 33.5 Å². The lowest BCUT2D eigenvalue weighted by Crippen LogP contribution is -1.47. The highest BCUT2D eigenvalue weighted by Gasteiger charge is 1.56. The van der Waals surface area contributed by atoms with Gasteiger partial charge in [0.05, 0.1) is 7.85 Å². The van der Waals surface area contributed by atoms with Gasteiger partial charge in [-0.25, -0.2) is 0 Å². The van der Waals surface area contributed by atoms with Crippen LogP contribution in [0.25, 0.3) is 0 Å². The summed E-state index contributed by atoms with van der Waals surface area (Å²) >= 11 is 0. The van der Waals surface area contributed by atoms with E-state index in [4.69, 9.17) is 0 Å². The summed E-state index contributed by atoms with van der Waals surface area (Å²) in [5.74, 6) is 0. The van der Waals surface area contributed by atoms with E-state index in [0.29, 0.717) is 0 Å². The van der Waals surface area contributed by atoms with Crippen molar-refractivity contribution in [3.8, 4) is 0 Å². The molecule has 0 spiro atoms. The molecule has 0 rings (SSSR count). The van der Waals surface area contributed by atoms with E-state index >= 15 is 0 Å². The summed E-state index contributed by atoms with van der Waals surface area (Å²) < 4.78 is 0. The van der Waals surface area contributed by atoms with Gasteiger partial charge >= 0.3 is 0 Å². The first-order valence-electron chi connectivity index (χ1n) is 2.49. The maximum absolute atomic E-state index is 4.50. The van der Waals surface area contributed by atoms with Gasteiger partial charge in [0, 0.05) is 0 Å². The third kappa shape index (κ3) is 33.7.